The van der Waals surface area contributed by atoms with Crippen molar-refractivity contribution in [2.45, 2.75) is 24.3 Å². The zero-order chi connectivity index (χ0) is 11.5. The van der Waals surface area contributed by atoms with Crippen molar-refractivity contribution < 1.29 is 13.2 Å². The number of carbonyl (C=O) groups is 1. The van der Waals surface area contributed by atoms with Crippen molar-refractivity contribution in [3.8, 4) is 0 Å². The fraction of sp³-hybridized carbons (Fsp3) is 0.875. The van der Waals surface area contributed by atoms with E-state index in [9.17, 15) is 13.2 Å². The molecular weight excluding hydrogens is 204 g/mol. The Balaban J connectivity index is 4.86. The zero-order valence-corrected chi connectivity index (χ0v) is 9.84. The van der Waals surface area contributed by atoms with Crippen molar-refractivity contribution in [1.82, 2.24) is 4.90 Å². The summed E-state index contributed by atoms with van der Waals surface area (Å²) in [6.07, 6.45) is 0. The largest absolute Gasteiger partial charge is 0.348 e. The second kappa shape index (κ2) is 4.75. The Morgan fingerprint density at radius 1 is 1.36 bits per heavy atom. The van der Waals surface area contributed by atoms with E-state index in [0.717, 1.165) is 0 Å². The molecule has 0 saturated carbocycles. The molecule has 0 saturated heterocycles. The van der Waals surface area contributed by atoms with Crippen LogP contribution in [0.5, 0.6) is 0 Å². The van der Waals surface area contributed by atoms with Crippen LogP contribution in [0.15, 0.2) is 0 Å². The lowest BCUT2D eigenvalue weighted by Crippen LogP contribution is -2.42. The van der Waals surface area contributed by atoms with E-state index in [2.05, 4.69) is 0 Å². The van der Waals surface area contributed by atoms with Gasteiger partial charge in [-0.05, 0) is 13.8 Å². The quantitative estimate of drug-likeness (QED) is 0.677. The molecule has 0 aromatic heterocycles. The Kier molecular flexibility index (Phi) is 4.54. The van der Waals surface area contributed by atoms with Gasteiger partial charge in [-0.2, -0.15) is 0 Å². The average molecular weight is 222 g/mol. The summed E-state index contributed by atoms with van der Waals surface area (Å²) < 4.78 is 23.4. The third kappa shape index (κ3) is 2.68. The van der Waals surface area contributed by atoms with Crippen LogP contribution in [0, 0.1) is 0 Å². The summed E-state index contributed by atoms with van der Waals surface area (Å²) in [7, 11) is -0.391. The van der Waals surface area contributed by atoms with Crippen molar-refractivity contribution in [3.05, 3.63) is 0 Å². The van der Waals surface area contributed by atoms with Crippen molar-refractivity contribution >= 4 is 15.7 Å². The summed E-state index contributed by atoms with van der Waals surface area (Å²) in [5.74, 6) is -0.412. The maximum Gasteiger partial charge on any atom is 0.240 e. The van der Waals surface area contributed by atoms with Crippen LogP contribution in [0.2, 0.25) is 0 Å². The van der Waals surface area contributed by atoms with Gasteiger partial charge >= 0.3 is 0 Å². The van der Waals surface area contributed by atoms with Gasteiger partial charge in [-0.3, -0.25) is 4.79 Å². The van der Waals surface area contributed by atoms with Crippen molar-refractivity contribution in [3.63, 3.8) is 0 Å². The molecule has 5 nitrogen and oxygen atoms in total. The van der Waals surface area contributed by atoms with Crippen LogP contribution in [0.25, 0.3) is 0 Å². The third-order valence-electron chi connectivity index (χ3n) is 2.17. The fourth-order valence-electron chi connectivity index (χ4n) is 0.987. The van der Waals surface area contributed by atoms with Gasteiger partial charge in [0.15, 0.2) is 9.84 Å². The highest BCUT2D eigenvalue weighted by molar-refractivity contribution is 7.93. The van der Waals surface area contributed by atoms with Gasteiger partial charge in [0.1, 0.15) is 5.25 Å². The molecule has 0 fully saturated rings. The predicted octanol–water partition coefficient (Wildman–Crippen LogP) is -0.775. The topological polar surface area (TPSA) is 80.5 Å². The van der Waals surface area contributed by atoms with Crippen LogP contribution >= 0.6 is 0 Å². The molecule has 0 heterocycles. The average Bonchev–Trinajstić information content (AvgIpc) is 2.13. The minimum atomic E-state index is -3.45. The van der Waals surface area contributed by atoms with Crippen LogP contribution in [-0.4, -0.2) is 50.4 Å². The Morgan fingerprint density at radius 2 is 1.79 bits per heavy atom. The first kappa shape index (κ1) is 13.4. The first-order valence-corrected chi connectivity index (χ1v) is 6.00. The Bertz CT molecular complexity index is 298. The Labute approximate surface area is 85.2 Å². The highest BCUT2D eigenvalue weighted by Gasteiger charge is 2.33. The summed E-state index contributed by atoms with van der Waals surface area (Å²) in [6.45, 7) is 2.94. The molecule has 0 aliphatic heterocycles. The molecule has 84 valence electrons. The maximum absolute atomic E-state index is 11.7. The van der Waals surface area contributed by atoms with Gasteiger partial charge in [-0.1, -0.05) is 0 Å². The summed E-state index contributed by atoms with van der Waals surface area (Å²) >= 11 is 0. The molecule has 14 heavy (non-hydrogen) atoms. The Morgan fingerprint density at radius 3 is 2.07 bits per heavy atom. The number of hydrogen-bond acceptors (Lipinski definition) is 4. The molecule has 0 spiro atoms. The van der Waals surface area contributed by atoms with Gasteiger partial charge in [0, 0.05) is 20.6 Å². The van der Waals surface area contributed by atoms with Crippen LogP contribution < -0.4 is 5.73 Å². The minimum Gasteiger partial charge on any atom is -0.348 e. The molecule has 0 aliphatic rings. The smallest absolute Gasteiger partial charge is 0.240 e. The summed E-state index contributed by atoms with van der Waals surface area (Å²) in [5.41, 5.74) is 5.27. The van der Waals surface area contributed by atoms with Crippen molar-refractivity contribution in [1.29, 1.82) is 0 Å². The van der Waals surface area contributed by atoms with Crippen molar-refractivity contribution in [2.75, 3.05) is 20.6 Å². The van der Waals surface area contributed by atoms with Gasteiger partial charge in [0.05, 0.1) is 5.25 Å². The fourth-order valence-corrected chi connectivity index (χ4v) is 2.44. The summed E-state index contributed by atoms with van der Waals surface area (Å²) in [5, 5.41) is -1.70. The highest BCUT2D eigenvalue weighted by Crippen LogP contribution is 2.10. The normalized spacial score (nSPS) is 16.1. The lowest BCUT2D eigenvalue weighted by molar-refractivity contribution is -0.127. The molecule has 2 unspecified atom stereocenters. The molecule has 0 aromatic carbocycles. The van der Waals surface area contributed by atoms with E-state index in [0.29, 0.717) is 0 Å². The van der Waals surface area contributed by atoms with E-state index in [1.807, 2.05) is 0 Å². The van der Waals surface area contributed by atoms with E-state index in [-0.39, 0.29) is 6.54 Å². The van der Waals surface area contributed by atoms with E-state index in [1.54, 1.807) is 0 Å². The lowest BCUT2D eigenvalue weighted by atomic mass is 10.4. The van der Waals surface area contributed by atoms with Gasteiger partial charge in [0.25, 0.3) is 0 Å². The second-order valence-electron chi connectivity index (χ2n) is 3.51. The van der Waals surface area contributed by atoms with Crippen LogP contribution in [0.3, 0.4) is 0 Å². The number of rotatable bonds is 4. The SMILES string of the molecule is CC(CN)S(=O)(=O)C(C)C(=O)N(C)C. The summed E-state index contributed by atoms with van der Waals surface area (Å²) in [4.78, 5) is 12.7. The van der Waals surface area contributed by atoms with Gasteiger partial charge in [-0.15, -0.1) is 0 Å². The van der Waals surface area contributed by atoms with Gasteiger partial charge in [-0.25, -0.2) is 8.42 Å². The van der Waals surface area contributed by atoms with Crippen molar-refractivity contribution in [2.24, 2.45) is 5.73 Å². The predicted molar refractivity (Wildman–Crippen MR) is 55.6 cm³/mol. The number of nitrogens with zero attached hydrogens (tertiary/aromatic N) is 1. The number of sulfone groups is 1. The van der Waals surface area contributed by atoms with E-state index in [1.165, 1.54) is 32.8 Å². The molecule has 0 aliphatic carbocycles. The van der Waals surface area contributed by atoms with Gasteiger partial charge in [0.2, 0.25) is 5.91 Å². The molecule has 1 amide bonds. The van der Waals surface area contributed by atoms with E-state index >= 15 is 0 Å². The molecule has 0 radical (unpaired) electrons. The molecule has 2 atom stereocenters. The van der Waals surface area contributed by atoms with Crippen LogP contribution in [0.1, 0.15) is 13.8 Å². The number of amides is 1. The number of carbonyl (C=O) groups excluding carboxylic acids is 1. The van der Waals surface area contributed by atoms with E-state index < -0.39 is 26.2 Å². The van der Waals surface area contributed by atoms with Gasteiger partial charge < -0.3 is 10.6 Å². The van der Waals surface area contributed by atoms with Crippen LogP contribution in [0.4, 0.5) is 0 Å². The number of nitrogens with two attached hydrogens (primary N) is 1. The monoisotopic (exact) mass is 222 g/mol. The number of hydrogen-bond donors (Lipinski definition) is 1. The Hall–Kier alpha value is -0.620. The third-order valence-corrected chi connectivity index (χ3v) is 4.68. The molecular formula is C8H18N2O3S. The minimum absolute atomic E-state index is 0.0351. The summed E-state index contributed by atoms with van der Waals surface area (Å²) in [6, 6.07) is 0. The molecule has 0 rings (SSSR count). The van der Waals surface area contributed by atoms with E-state index in [4.69, 9.17) is 5.73 Å². The standard InChI is InChI=1S/C8H18N2O3S/c1-6(5-9)14(12,13)7(2)8(11)10(3)4/h6-7H,5,9H2,1-4H3. The molecule has 2 N–H and O–H groups in total. The first-order chi connectivity index (χ1) is 6.25. The second-order valence-corrected chi connectivity index (χ2v) is 6.20. The maximum atomic E-state index is 11.7. The van der Waals surface area contributed by atoms with Crippen LogP contribution in [-0.2, 0) is 14.6 Å². The molecule has 0 bridgehead atoms. The highest BCUT2D eigenvalue weighted by atomic mass is 32.2. The molecule has 6 heteroatoms. The molecule has 0 aromatic rings. The lowest BCUT2D eigenvalue weighted by Gasteiger charge is -2.20. The zero-order valence-electron chi connectivity index (χ0n) is 9.02. The first-order valence-electron chi connectivity index (χ1n) is 4.39.